The molecule has 2 aromatic heterocycles. The number of nitrogens with one attached hydrogen (secondary N) is 2. The fourth-order valence-electron chi connectivity index (χ4n) is 3.14. The van der Waals surface area contributed by atoms with Gasteiger partial charge in [-0.1, -0.05) is 6.07 Å². The molecule has 138 valence electrons. The van der Waals surface area contributed by atoms with E-state index in [0.29, 0.717) is 17.5 Å². The molecule has 7 nitrogen and oxygen atoms in total. The minimum atomic E-state index is -0.0141. The third-order valence-corrected chi connectivity index (χ3v) is 5.94. The molecule has 1 aliphatic carbocycles. The Labute approximate surface area is 159 Å². The standard InChI is InChI=1S/C19H18N4O3S/c1-10-15-17(20-7-11-2-5-13-14(6-11)26-9-25-13)21-8-22-19(15)27-16(10)18(24)23-12-3-4-12/h2,5-6,8,12H,3-4,7,9H2,1H3,(H,23,24)(H,20,21,22). The van der Waals surface area contributed by atoms with Crippen LogP contribution in [-0.4, -0.2) is 28.7 Å². The van der Waals surface area contributed by atoms with Crippen molar-refractivity contribution in [3.8, 4) is 11.5 Å². The molecule has 0 bridgehead atoms. The number of carbonyl (C=O) groups is 1. The van der Waals surface area contributed by atoms with Crippen LogP contribution in [0.1, 0.15) is 33.6 Å². The zero-order chi connectivity index (χ0) is 18.4. The van der Waals surface area contributed by atoms with Gasteiger partial charge >= 0.3 is 0 Å². The Morgan fingerprint density at radius 3 is 2.96 bits per heavy atom. The van der Waals surface area contributed by atoms with E-state index >= 15 is 0 Å². The largest absolute Gasteiger partial charge is 0.454 e. The second-order valence-corrected chi connectivity index (χ2v) is 7.75. The van der Waals surface area contributed by atoms with Crippen LogP contribution < -0.4 is 20.1 Å². The first-order valence-electron chi connectivity index (χ1n) is 8.86. The highest BCUT2D eigenvalue weighted by Crippen LogP contribution is 2.35. The Bertz CT molecular complexity index is 1040. The normalized spacial score (nSPS) is 15.1. The molecule has 1 aromatic carbocycles. The highest BCUT2D eigenvalue weighted by molar-refractivity contribution is 7.20. The van der Waals surface area contributed by atoms with Crippen molar-refractivity contribution < 1.29 is 14.3 Å². The number of carbonyl (C=O) groups excluding carboxylic acids is 1. The first kappa shape index (κ1) is 16.3. The number of anilines is 1. The zero-order valence-corrected chi connectivity index (χ0v) is 15.6. The molecule has 8 heteroatoms. The topological polar surface area (TPSA) is 85.4 Å². The molecule has 27 heavy (non-hydrogen) atoms. The number of hydrogen-bond donors (Lipinski definition) is 2. The molecular formula is C19H18N4O3S. The summed E-state index contributed by atoms with van der Waals surface area (Å²) in [6.45, 7) is 2.80. The summed E-state index contributed by atoms with van der Waals surface area (Å²) in [6.07, 6.45) is 3.67. The van der Waals surface area contributed by atoms with Gasteiger partial charge in [0.15, 0.2) is 11.5 Å². The van der Waals surface area contributed by atoms with E-state index < -0.39 is 0 Å². The van der Waals surface area contributed by atoms with Crippen LogP contribution in [0, 0.1) is 6.92 Å². The lowest BCUT2D eigenvalue weighted by atomic mass is 10.1. The van der Waals surface area contributed by atoms with Gasteiger partial charge in [0.05, 0.1) is 10.3 Å². The molecule has 0 unspecified atom stereocenters. The molecule has 1 fully saturated rings. The smallest absolute Gasteiger partial charge is 0.261 e. The average Bonchev–Trinajstić information content (AvgIpc) is 3.24. The lowest BCUT2D eigenvalue weighted by Crippen LogP contribution is -2.24. The lowest BCUT2D eigenvalue weighted by Gasteiger charge is -2.08. The van der Waals surface area contributed by atoms with Crippen molar-refractivity contribution in [2.24, 2.45) is 0 Å². The fourth-order valence-corrected chi connectivity index (χ4v) is 4.19. The van der Waals surface area contributed by atoms with Gasteiger partial charge in [0.1, 0.15) is 17.0 Å². The van der Waals surface area contributed by atoms with Crippen LogP contribution in [0.5, 0.6) is 11.5 Å². The van der Waals surface area contributed by atoms with Gasteiger partial charge < -0.3 is 20.1 Å². The van der Waals surface area contributed by atoms with E-state index in [9.17, 15) is 4.79 Å². The van der Waals surface area contributed by atoms with Crippen LogP contribution in [-0.2, 0) is 6.54 Å². The molecule has 3 aromatic rings. The van der Waals surface area contributed by atoms with E-state index in [0.717, 1.165) is 51.5 Å². The second-order valence-electron chi connectivity index (χ2n) is 6.75. The van der Waals surface area contributed by atoms with Crippen molar-refractivity contribution in [2.45, 2.75) is 32.4 Å². The summed E-state index contributed by atoms with van der Waals surface area (Å²) in [5.74, 6) is 2.24. The maximum absolute atomic E-state index is 12.5. The summed E-state index contributed by atoms with van der Waals surface area (Å²) in [5, 5.41) is 7.33. The minimum Gasteiger partial charge on any atom is -0.454 e. The monoisotopic (exact) mass is 382 g/mol. The number of nitrogens with zero attached hydrogens (tertiary/aromatic N) is 2. The molecule has 0 spiro atoms. The number of fused-ring (bicyclic) bond motifs is 2. The SMILES string of the molecule is Cc1c(C(=O)NC2CC2)sc2ncnc(NCc3ccc4c(c3)OCO4)c12. The van der Waals surface area contributed by atoms with Crippen LogP contribution in [0.4, 0.5) is 5.82 Å². The van der Waals surface area contributed by atoms with Crippen LogP contribution in [0.2, 0.25) is 0 Å². The number of amides is 1. The Morgan fingerprint density at radius 1 is 1.26 bits per heavy atom. The van der Waals surface area contributed by atoms with E-state index in [1.165, 1.54) is 17.7 Å². The number of aryl methyl sites for hydroxylation is 1. The van der Waals surface area contributed by atoms with Gasteiger partial charge in [-0.2, -0.15) is 0 Å². The maximum atomic E-state index is 12.5. The lowest BCUT2D eigenvalue weighted by molar-refractivity contribution is 0.0954. The van der Waals surface area contributed by atoms with Crippen LogP contribution in [0.25, 0.3) is 10.2 Å². The number of thiophene rings is 1. The summed E-state index contributed by atoms with van der Waals surface area (Å²) in [5.41, 5.74) is 1.98. The molecule has 1 saturated carbocycles. The van der Waals surface area contributed by atoms with E-state index in [1.807, 2.05) is 25.1 Å². The van der Waals surface area contributed by atoms with Gasteiger partial charge in [0.2, 0.25) is 6.79 Å². The summed E-state index contributed by atoms with van der Waals surface area (Å²) in [4.78, 5) is 22.8. The Kier molecular flexibility index (Phi) is 3.86. The van der Waals surface area contributed by atoms with Gasteiger partial charge in [-0.05, 0) is 43.0 Å². The highest BCUT2D eigenvalue weighted by atomic mass is 32.1. The van der Waals surface area contributed by atoms with Gasteiger partial charge in [0, 0.05) is 12.6 Å². The molecule has 2 aliphatic rings. The van der Waals surface area contributed by atoms with Crippen LogP contribution in [0.3, 0.4) is 0 Å². The predicted octanol–water partition coefficient (Wildman–Crippen LogP) is 3.23. The molecule has 3 heterocycles. The third-order valence-electron chi connectivity index (χ3n) is 4.74. The van der Waals surface area contributed by atoms with Gasteiger partial charge in [0.25, 0.3) is 5.91 Å². The minimum absolute atomic E-state index is 0.0141. The molecular weight excluding hydrogens is 364 g/mol. The first-order valence-corrected chi connectivity index (χ1v) is 9.68. The zero-order valence-electron chi connectivity index (χ0n) is 14.7. The summed E-state index contributed by atoms with van der Waals surface area (Å²) >= 11 is 1.41. The van der Waals surface area contributed by atoms with Crippen LogP contribution >= 0.6 is 11.3 Å². The summed E-state index contributed by atoms with van der Waals surface area (Å²) in [6, 6.07) is 6.19. The van der Waals surface area contributed by atoms with Gasteiger partial charge in [-0.25, -0.2) is 9.97 Å². The average molecular weight is 382 g/mol. The number of ether oxygens (including phenoxy) is 2. The quantitative estimate of drug-likeness (QED) is 0.705. The number of rotatable bonds is 5. The number of aromatic nitrogens is 2. The maximum Gasteiger partial charge on any atom is 0.261 e. The molecule has 0 atom stereocenters. The van der Waals surface area contributed by atoms with Crippen molar-refractivity contribution in [3.63, 3.8) is 0 Å². The van der Waals surface area contributed by atoms with Crippen molar-refractivity contribution in [1.82, 2.24) is 15.3 Å². The molecule has 1 amide bonds. The number of hydrogen-bond acceptors (Lipinski definition) is 7. The molecule has 0 saturated heterocycles. The predicted molar refractivity (Wildman–Crippen MR) is 103 cm³/mol. The fraction of sp³-hybridized carbons (Fsp3) is 0.316. The van der Waals surface area contributed by atoms with Crippen LogP contribution in [0.15, 0.2) is 24.5 Å². The number of benzene rings is 1. The Morgan fingerprint density at radius 2 is 2.11 bits per heavy atom. The Hall–Kier alpha value is -2.87. The van der Waals surface area contributed by atoms with Gasteiger partial charge in [-0.3, -0.25) is 4.79 Å². The highest BCUT2D eigenvalue weighted by Gasteiger charge is 2.26. The molecule has 5 rings (SSSR count). The third kappa shape index (κ3) is 3.06. The van der Waals surface area contributed by atoms with E-state index in [4.69, 9.17) is 9.47 Å². The van der Waals surface area contributed by atoms with Crippen molar-refractivity contribution >= 4 is 33.3 Å². The van der Waals surface area contributed by atoms with Crippen molar-refractivity contribution in [1.29, 1.82) is 0 Å². The van der Waals surface area contributed by atoms with Gasteiger partial charge in [-0.15, -0.1) is 11.3 Å². The first-order chi connectivity index (χ1) is 13.2. The van der Waals surface area contributed by atoms with E-state index in [1.54, 1.807) is 0 Å². The summed E-state index contributed by atoms with van der Waals surface area (Å²) in [7, 11) is 0. The Balaban J connectivity index is 1.41. The molecule has 0 radical (unpaired) electrons. The van der Waals surface area contributed by atoms with Crippen molar-refractivity contribution in [2.75, 3.05) is 12.1 Å². The van der Waals surface area contributed by atoms with Crippen molar-refractivity contribution in [3.05, 3.63) is 40.5 Å². The molecule has 1 aliphatic heterocycles. The van der Waals surface area contributed by atoms with E-state index in [-0.39, 0.29) is 12.7 Å². The van der Waals surface area contributed by atoms with E-state index in [2.05, 4.69) is 20.6 Å². The molecule has 2 N–H and O–H groups in total. The summed E-state index contributed by atoms with van der Waals surface area (Å²) < 4.78 is 10.8. The second kappa shape index (κ2) is 6.38.